The Labute approximate surface area is 122 Å². The molecule has 0 radical (unpaired) electrons. The van der Waals surface area contributed by atoms with E-state index in [1.54, 1.807) is 24.4 Å². The Morgan fingerprint density at radius 1 is 1.14 bits per heavy atom. The van der Waals surface area contributed by atoms with Gasteiger partial charge in [-0.2, -0.15) is 0 Å². The number of benzene rings is 1. The molecule has 1 aromatic heterocycles. The first-order valence-corrected chi connectivity index (χ1v) is 6.86. The molecule has 0 aliphatic carbocycles. The van der Waals surface area contributed by atoms with E-state index in [0.29, 0.717) is 36.8 Å². The zero-order valence-electron chi connectivity index (χ0n) is 11.5. The van der Waals surface area contributed by atoms with Crippen molar-refractivity contribution in [3.8, 4) is 11.5 Å². The number of ether oxygens (including phenoxy) is 2. The number of Topliss-reactive ketones (excluding diaryl/α,β-unsaturated/α-hetero) is 1. The highest BCUT2D eigenvalue weighted by Crippen LogP contribution is 2.30. The molecule has 1 aliphatic rings. The maximum atomic E-state index is 12.1. The zero-order valence-corrected chi connectivity index (χ0v) is 11.5. The molecule has 2 aromatic rings. The monoisotopic (exact) mass is 284 g/mol. The molecular weight excluding hydrogens is 268 g/mol. The van der Waals surface area contributed by atoms with E-state index in [1.807, 2.05) is 18.2 Å². The van der Waals surface area contributed by atoms with Gasteiger partial charge in [-0.3, -0.25) is 9.78 Å². The van der Waals surface area contributed by atoms with Crippen molar-refractivity contribution in [1.82, 2.24) is 10.3 Å². The van der Waals surface area contributed by atoms with Crippen LogP contribution in [-0.2, 0) is 6.54 Å². The summed E-state index contributed by atoms with van der Waals surface area (Å²) in [5.41, 5.74) is 1.53. The highest BCUT2D eigenvalue weighted by atomic mass is 16.6. The van der Waals surface area contributed by atoms with Gasteiger partial charge in [-0.05, 0) is 30.3 Å². The van der Waals surface area contributed by atoms with E-state index in [-0.39, 0.29) is 12.3 Å². The first-order chi connectivity index (χ1) is 10.3. The molecule has 2 heterocycles. The molecular formula is C16H16N2O3. The van der Waals surface area contributed by atoms with Gasteiger partial charge in [0.05, 0.1) is 12.2 Å². The number of carbonyl (C=O) groups excluding carboxylic acids is 1. The lowest BCUT2D eigenvalue weighted by Gasteiger charge is -2.18. The summed E-state index contributed by atoms with van der Waals surface area (Å²) in [5.74, 6) is 1.35. The number of hydrogen-bond acceptors (Lipinski definition) is 5. The molecule has 108 valence electrons. The standard InChI is InChI=1S/C16H16N2O3/c19-14(11-17-10-13-3-1-2-6-18-13)12-4-5-15-16(9-12)21-8-7-20-15/h1-6,9,17H,7-8,10-11H2. The number of fused-ring (bicyclic) bond motifs is 1. The summed E-state index contributed by atoms with van der Waals surface area (Å²) in [6.45, 7) is 1.89. The molecule has 0 saturated carbocycles. The number of nitrogens with zero attached hydrogens (tertiary/aromatic N) is 1. The molecule has 5 nitrogen and oxygen atoms in total. The fourth-order valence-electron chi connectivity index (χ4n) is 2.13. The Hall–Kier alpha value is -2.40. The highest BCUT2D eigenvalue weighted by Gasteiger charge is 2.14. The van der Waals surface area contributed by atoms with E-state index in [4.69, 9.17) is 9.47 Å². The third-order valence-electron chi connectivity index (χ3n) is 3.18. The highest BCUT2D eigenvalue weighted by molar-refractivity contribution is 5.98. The first-order valence-electron chi connectivity index (χ1n) is 6.86. The number of carbonyl (C=O) groups is 1. The average molecular weight is 284 g/mol. The maximum Gasteiger partial charge on any atom is 0.176 e. The van der Waals surface area contributed by atoms with Crippen LogP contribution in [0.4, 0.5) is 0 Å². The third kappa shape index (κ3) is 3.38. The second kappa shape index (κ2) is 6.37. The number of nitrogens with one attached hydrogen (secondary N) is 1. The van der Waals surface area contributed by atoms with Crippen molar-refractivity contribution >= 4 is 5.78 Å². The lowest BCUT2D eigenvalue weighted by molar-refractivity contribution is 0.0989. The van der Waals surface area contributed by atoms with Crippen molar-refractivity contribution in [3.63, 3.8) is 0 Å². The summed E-state index contributed by atoms with van der Waals surface area (Å²) in [6, 6.07) is 11.0. The van der Waals surface area contributed by atoms with Crippen molar-refractivity contribution < 1.29 is 14.3 Å². The van der Waals surface area contributed by atoms with Crippen molar-refractivity contribution in [1.29, 1.82) is 0 Å². The zero-order chi connectivity index (χ0) is 14.5. The quantitative estimate of drug-likeness (QED) is 0.849. The molecule has 0 saturated heterocycles. The molecule has 0 amide bonds. The first kappa shape index (κ1) is 13.6. The Kier molecular flexibility index (Phi) is 4.12. The topological polar surface area (TPSA) is 60.5 Å². The van der Waals surface area contributed by atoms with Gasteiger partial charge in [0, 0.05) is 18.3 Å². The van der Waals surface area contributed by atoms with Crippen molar-refractivity contribution in [3.05, 3.63) is 53.9 Å². The SMILES string of the molecule is O=C(CNCc1ccccn1)c1ccc2c(c1)OCCO2. The molecule has 1 aromatic carbocycles. The minimum Gasteiger partial charge on any atom is -0.486 e. The van der Waals surface area contributed by atoms with Gasteiger partial charge in [0.1, 0.15) is 13.2 Å². The molecule has 1 N–H and O–H groups in total. The number of hydrogen-bond donors (Lipinski definition) is 1. The van der Waals surface area contributed by atoms with E-state index in [9.17, 15) is 4.79 Å². The summed E-state index contributed by atoms with van der Waals surface area (Å²) in [5, 5.41) is 3.10. The molecule has 0 atom stereocenters. The van der Waals surface area contributed by atoms with E-state index in [2.05, 4.69) is 10.3 Å². The molecule has 1 aliphatic heterocycles. The van der Waals surface area contributed by atoms with Gasteiger partial charge < -0.3 is 14.8 Å². The van der Waals surface area contributed by atoms with Crippen LogP contribution in [0.3, 0.4) is 0 Å². The van der Waals surface area contributed by atoms with Crippen molar-refractivity contribution in [2.24, 2.45) is 0 Å². The van der Waals surface area contributed by atoms with Gasteiger partial charge in [0.15, 0.2) is 17.3 Å². The molecule has 0 unspecified atom stereocenters. The minimum atomic E-state index is 0.0166. The Bertz CT molecular complexity index is 629. The van der Waals surface area contributed by atoms with Gasteiger partial charge >= 0.3 is 0 Å². The van der Waals surface area contributed by atoms with Gasteiger partial charge in [0.2, 0.25) is 0 Å². The Morgan fingerprint density at radius 3 is 2.81 bits per heavy atom. The summed E-state index contributed by atoms with van der Waals surface area (Å²) in [4.78, 5) is 16.3. The molecule has 21 heavy (non-hydrogen) atoms. The van der Waals surface area contributed by atoms with Crippen LogP contribution in [0, 0.1) is 0 Å². The van der Waals surface area contributed by atoms with Crippen LogP contribution in [0.5, 0.6) is 11.5 Å². The predicted octanol–water partition coefficient (Wildman–Crippen LogP) is 1.83. The lowest BCUT2D eigenvalue weighted by Crippen LogP contribution is -2.23. The Morgan fingerprint density at radius 2 is 2.00 bits per heavy atom. The van der Waals surface area contributed by atoms with E-state index >= 15 is 0 Å². The summed E-state index contributed by atoms with van der Waals surface area (Å²) in [7, 11) is 0. The summed E-state index contributed by atoms with van der Waals surface area (Å²) in [6.07, 6.45) is 1.74. The minimum absolute atomic E-state index is 0.0166. The number of rotatable bonds is 5. The fraction of sp³-hybridized carbons (Fsp3) is 0.250. The molecule has 3 rings (SSSR count). The average Bonchev–Trinajstić information content (AvgIpc) is 2.55. The van der Waals surface area contributed by atoms with Crippen molar-refractivity contribution in [2.45, 2.75) is 6.54 Å². The van der Waals surface area contributed by atoms with E-state index in [1.165, 1.54) is 0 Å². The van der Waals surface area contributed by atoms with Crippen LogP contribution in [0.1, 0.15) is 16.1 Å². The van der Waals surface area contributed by atoms with Gasteiger partial charge in [0.25, 0.3) is 0 Å². The molecule has 0 bridgehead atoms. The predicted molar refractivity (Wildman–Crippen MR) is 77.7 cm³/mol. The fourth-order valence-corrected chi connectivity index (χ4v) is 2.13. The number of aromatic nitrogens is 1. The van der Waals surface area contributed by atoms with Gasteiger partial charge in [-0.1, -0.05) is 6.07 Å². The normalized spacial score (nSPS) is 13.0. The second-order valence-corrected chi connectivity index (χ2v) is 4.71. The van der Waals surface area contributed by atoms with Gasteiger partial charge in [-0.15, -0.1) is 0 Å². The van der Waals surface area contributed by atoms with Crippen LogP contribution in [0.2, 0.25) is 0 Å². The summed E-state index contributed by atoms with van der Waals surface area (Å²) < 4.78 is 10.9. The smallest absolute Gasteiger partial charge is 0.176 e. The number of ketones is 1. The third-order valence-corrected chi connectivity index (χ3v) is 3.18. The summed E-state index contributed by atoms with van der Waals surface area (Å²) >= 11 is 0. The second-order valence-electron chi connectivity index (χ2n) is 4.71. The maximum absolute atomic E-state index is 12.1. The molecule has 5 heteroatoms. The number of pyridine rings is 1. The van der Waals surface area contributed by atoms with Crippen LogP contribution in [0.25, 0.3) is 0 Å². The van der Waals surface area contributed by atoms with Crippen LogP contribution in [0.15, 0.2) is 42.6 Å². The molecule has 0 fully saturated rings. The Balaban J connectivity index is 1.58. The van der Waals surface area contributed by atoms with Gasteiger partial charge in [-0.25, -0.2) is 0 Å². The van der Waals surface area contributed by atoms with Crippen LogP contribution < -0.4 is 14.8 Å². The largest absolute Gasteiger partial charge is 0.486 e. The molecule has 0 spiro atoms. The van der Waals surface area contributed by atoms with Crippen LogP contribution >= 0.6 is 0 Å². The van der Waals surface area contributed by atoms with Crippen molar-refractivity contribution in [2.75, 3.05) is 19.8 Å². The van der Waals surface area contributed by atoms with E-state index < -0.39 is 0 Å². The van der Waals surface area contributed by atoms with E-state index in [0.717, 1.165) is 5.69 Å². The lowest BCUT2D eigenvalue weighted by atomic mass is 10.1. The van der Waals surface area contributed by atoms with Crippen LogP contribution in [-0.4, -0.2) is 30.5 Å².